The topological polar surface area (TPSA) is 72.7 Å². The van der Waals surface area contributed by atoms with E-state index in [9.17, 15) is 9.59 Å². The molecular weight excluding hydrogens is 374 g/mol. The van der Waals surface area contributed by atoms with Crippen LogP contribution in [0.25, 0.3) is 5.65 Å². The van der Waals surface area contributed by atoms with Crippen molar-refractivity contribution in [2.75, 3.05) is 11.9 Å². The molecule has 7 heteroatoms. The standard InChI is InChI=1S/C17H14BrN3O3/c1-2-24-17(23)14-15(21-10-4-3-5-13(21)19-14)20-16(22)11-6-8-12(18)9-7-11/h3-10H,2H2,1H3,(H,20,22). The highest BCUT2D eigenvalue weighted by molar-refractivity contribution is 9.10. The van der Waals surface area contributed by atoms with Crippen molar-refractivity contribution in [3.05, 3.63) is 64.4 Å². The van der Waals surface area contributed by atoms with Gasteiger partial charge in [0, 0.05) is 16.2 Å². The fourth-order valence-electron chi connectivity index (χ4n) is 2.24. The van der Waals surface area contributed by atoms with Gasteiger partial charge in [0.1, 0.15) is 5.65 Å². The largest absolute Gasteiger partial charge is 0.461 e. The Morgan fingerprint density at radius 1 is 1.21 bits per heavy atom. The number of pyridine rings is 1. The van der Waals surface area contributed by atoms with Crippen molar-refractivity contribution in [2.45, 2.75) is 6.92 Å². The molecule has 0 atom stereocenters. The molecule has 0 radical (unpaired) electrons. The number of anilines is 1. The van der Waals surface area contributed by atoms with Crippen molar-refractivity contribution in [2.24, 2.45) is 0 Å². The summed E-state index contributed by atoms with van der Waals surface area (Å²) in [5.41, 5.74) is 1.10. The molecule has 0 aliphatic rings. The van der Waals surface area contributed by atoms with Gasteiger partial charge < -0.3 is 10.1 Å². The number of halogens is 1. The van der Waals surface area contributed by atoms with Gasteiger partial charge in [-0.05, 0) is 43.3 Å². The molecule has 0 unspecified atom stereocenters. The van der Waals surface area contributed by atoms with E-state index in [1.165, 1.54) is 0 Å². The molecule has 6 nitrogen and oxygen atoms in total. The highest BCUT2D eigenvalue weighted by Crippen LogP contribution is 2.20. The number of nitrogens with one attached hydrogen (secondary N) is 1. The fraction of sp³-hybridized carbons (Fsp3) is 0.118. The van der Waals surface area contributed by atoms with Crippen LogP contribution < -0.4 is 5.32 Å². The van der Waals surface area contributed by atoms with Crippen LogP contribution in [0.4, 0.5) is 5.82 Å². The summed E-state index contributed by atoms with van der Waals surface area (Å²) >= 11 is 3.33. The van der Waals surface area contributed by atoms with Crippen LogP contribution in [0.1, 0.15) is 27.8 Å². The van der Waals surface area contributed by atoms with Crippen LogP contribution in [0.15, 0.2) is 53.1 Å². The van der Waals surface area contributed by atoms with E-state index in [2.05, 4.69) is 26.2 Å². The van der Waals surface area contributed by atoms with Gasteiger partial charge in [0.2, 0.25) is 0 Å². The molecule has 24 heavy (non-hydrogen) atoms. The third-order valence-corrected chi connectivity index (χ3v) is 3.87. The maximum Gasteiger partial charge on any atom is 0.360 e. The van der Waals surface area contributed by atoms with Crippen molar-refractivity contribution in [1.29, 1.82) is 0 Å². The van der Waals surface area contributed by atoms with Gasteiger partial charge in [-0.2, -0.15) is 0 Å². The molecule has 1 amide bonds. The molecule has 1 N–H and O–H groups in total. The Labute approximate surface area is 146 Å². The molecule has 0 saturated carbocycles. The SMILES string of the molecule is CCOC(=O)c1nc2ccccn2c1NC(=O)c1ccc(Br)cc1. The number of imidazole rings is 1. The molecular formula is C17H14BrN3O3. The van der Waals surface area contributed by atoms with E-state index in [0.29, 0.717) is 11.2 Å². The van der Waals surface area contributed by atoms with Gasteiger partial charge in [0.25, 0.3) is 5.91 Å². The lowest BCUT2D eigenvalue weighted by Gasteiger charge is -2.07. The fourth-order valence-corrected chi connectivity index (χ4v) is 2.50. The molecule has 0 aliphatic heterocycles. The summed E-state index contributed by atoms with van der Waals surface area (Å²) in [5, 5.41) is 2.75. The van der Waals surface area contributed by atoms with Crippen LogP contribution in [0.2, 0.25) is 0 Å². The van der Waals surface area contributed by atoms with Gasteiger partial charge in [0.05, 0.1) is 6.61 Å². The van der Waals surface area contributed by atoms with Gasteiger partial charge in [-0.3, -0.25) is 9.20 Å². The van der Waals surface area contributed by atoms with Crippen LogP contribution in [0.5, 0.6) is 0 Å². The number of aromatic nitrogens is 2. The van der Waals surface area contributed by atoms with Crippen LogP contribution >= 0.6 is 15.9 Å². The number of hydrogen-bond donors (Lipinski definition) is 1. The van der Waals surface area contributed by atoms with E-state index in [4.69, 9.17) is 4.74 Å². The highest BCUT2D eigenvalue weighted by Gasteiger charge is 2.22. The third kappa shape index (κ3) is 3.16. The van der Waals surface area contributed by atoms with Gasteiger partial charge in [-0.15, -0.1) is 0 Å². The molecule has 0 spiro atoms. The average Bonchev–Trinajstić information content (AvgIpc) is 2.94. The minimum atomic E-state index is -0.577. The summed E-state index contributed by atoms with van der Waals surface area (Å²) < 4.78 is 7.55. The summed E-state index contributed by atoms with van der Waals surface area (Å²) in [6, 6.07) is 12.3. The van der Waals surface area contributed by atoms with Crippen LogP contribution in [-0.4, -0.2) is 27.9 Å². The lowest BCUT2D eigenvalue weighted by atomic mass is 10.2. The number of rotatable bonds is 4. The van der Waals surface area contributed by atoms with Gasteiger partial charge in [-0.25, -0.2) is 9.78 Å². The summed E-state index contributed by atoms with van der Waals surface area (Å²) in [7, 11) is 0. The first kappa shape index (κ1) is 16.2. The van der Waals surface area contributed by atoms with Crippen molar-refractivity contribution >= 4 is 39.3 Å². The second-order valence-electron chi connectivity index (χ2n) is 4.92. The van der Waals surface area contributed by atoms with Crippen molar-refractivity contribution in [3.63, 3.8) is 0 Å². The maximum absolute atomic E-state index is 12.5. The predicted molar refractivity (Wildman–Crippen MR) is 93.2 cm³/mol. The predicted octanol–water partition coefficient (Wildman–Crippen LogP) is 3.53. The lowest BCUT2D eigenvalue weighted by molar-refractivity contribution is 0.0521. The number of carbonyl (C=O) groups is 2. The van der Waals surface area contributed by atoms with E-state index >= 15 is 0 Å². The molecule has 2 aromatic heterocycles. The van der Waals surface area contributed by atoms with E-state index < -0.39 is 5.97 Å². The molecule has 0 fully saturated rings. The van der Waals surface area contributed by atoms with Gasteiger partial charge in [0.15, 0.2) is 11.5 Å². The van der Waals surface area contributed by atoms with Gasteiger partial charge in [-0.1, -0.05) is 22.0 Å². The Kier molecular flexibility index (Phi) is 4.61. The Bertz CT molecular complexity index is 903. The summed E-state index contributed by atoms with van der Waals surface area (Å²) in [6.07, 6.45) is 1.72. The molecule has 1 aromatic carbocycles. The van der Waals surface area contributed by atoms with E-state index in [1.54, 1.807) is 60.0 Å². The average molecular weight is 388 g/mol. The quantitative estimate of drug-likeness (QED) is 0.695. The number of amides is 1. The Morgan fingerprint density at radius 3 is 2.67 bits per heavy atom. The zero-order valence-corrected chi connectivity index (χ0v) is 14.4. The van der Waals surface area contributed by atoms with E-state index in [1.807, 2.05) is 0 Å². The maximum atomic E-state index is 12.5. The number of esters is 1. The summed E-state index contributed by atoms with van der Waals surface area (Å²) in [5.74, 6) is -0.622. The van der Waals surface area contributed by atoms with Crippen molar-refractivity contribution in [3.8, 4) is 0 Å². The monoisotopic (exact) mass is 387 g/mol. The first-order valence-corrected chi connectivity index (χ1v) is 8.10. The van der Waals surface area contributed by atoms with Gasteiger partial charge >= 0.3 is 5.97 Å². The number of ether oxygens (including phenoxy) is 1. The first-order chi connectivity index (χ1) is 11.6. The highest BCUT2D eigenvalue weighted by atomic mass is 79.9. The Morgan fingerprint density at radius 2 is 1.96 bits per heavy atom. The minimum Gasteiger partial charge on any atom is -0.461 e. The molecule has 122 valence electrons. The van der Waals surface area contributed by atoms with Crippen molar-refractivity contribution in [1.82, 2.24) is 9.38 Å². The number of nitrogens with zero attached hydrogens (tertiary/aromatic N) is 2. The lowest BCUT2D eigenvalue weighted by Crippen LogP contribution is -2.17. The molecule has 3 rings (SSSR count). The van der Waals surface area contributed by atoms with Crippen LogP contribution in [0.3, 0.4) is 0 Å². The van der Waals surface area contributed by atoms with E-state index in [-0.39, 0.29) is 24.0 Å². The molecule has 0 bridgehead atoms. The number of fused-ring (bicyclic) bond motifs is 1. The second-order valence-corrected chi connectivity index (χ2v) is 5.84. The second kappa shape index (κ2) is 6.84. The van der Waals surface area contributed by atoms with E-state index in [0.717, 1.165) is 4.47 Å². The smallest absolute Gasteiger partial charge is 0.360 e. The normalized spacial score (nSPS) is 10.6. The first-order valence-electron chi connectivity index (χ1n) is 7.31. The zero-order valence-electron chi connectivity index (χ0n) is 12.8. The van der Waals surface area contributed by atoms with Crippen LogP contribution in [0, 0.1) is 0 Å². The Hall–Kier alpha value is -2.67. The number of hydrogen-bond acceptors (Lipinski definition) is 4. The zero-order chi connectivity index (χ0) is 17.1. The molecule has 0 saturated heterocycles. The van der Waals surface area contributed by atoms with Crippen molar-refractivity contribution < 1.29 is 14.3 Å². The third-order valence-electron chi connectivity index (χ3n) is 3.34. The number of carbonyl (C=O) groups excluding carboxylic acids is 2. The molecule has 0 aliphatic carbocycles. The van der Waals surface area contributed by atoms with Crippen LogP contribution in [-0.2, 0) is 4.74 Å². The molecule has 2 heterocycles. The summed E-state index contributed by atoms with van der Waals surface area (Å²) in [6.45, 7) is 1.95. The molecule has 3 aromatic rings. The number of benzene rings is 1. The minimum absolute atomic E-state index is 0.0773. The Balaban J connectivity index is 2.00. The summed E-state index contributed by atoms with van der Waals surface area (Å²) in [4.78, 5) is 28.9.